The Labute approximate surface area is 203 Å². The van der Waals surface area contributed by atoms with E-state index in [2.05, 4.69) is 55.3 Å². The molecule has 4 rings (SSSR count). The molecule has 0 saturated carbocycles. The number of benzene rings is 2. The van der Waals surface area contributed by atoms with Crippen LogP contribution in [0.25, 0.3) is 0 Å². The molecule has 178 valence electrons. The van der Waals surface area contributed by atoms with E-state index in [1.807, 2.05) is 18.2 Å². The SMILES string of the molecule is CC(C)(C)c1ccc(C(O)C(CN2CCCC2)NC(=O)CC2Cc3ccccc3C2)cc1Cl. The maximum Gasteiger partial charge on any atom is 0.220 e. The predicted molar refractivity (Wildman–Crippen MR) is 135 cm³/mol. The maximum absolute atomic E-state index is 13.1. The number of hydrogen-bond donors (Lipinski definition) is 2. The summed E-state index contributed by atoms with van der Waals surface area (Å²) >= 11 is 6.59. The Hall–Kier alpha value is -1.88. The van der Waals surface area contributed by atoms with Crippen molar-refractivity contribution in [3.05, 3.63) is 69.7 Å². The van der Waals surface area contributed by atoms with Gasteiger partial charge in [0.1, 0.15) is 6.10 Å². The fraction of sp³-hybridized carbons (Fsp3) is 0.536. The molecule has 2 atom stereocenters. The van der Waals surface area contributed by atoms with Crippen molar-refractivity contribution in [1.29, 1.82) is 0 Å². The highest BCUT2D eigenvalue weighted by Gasteiger charge is 2.30. The van der Waals surface area contributed by atoms with Gasteiger partial charge in [-0.15, -0.1) is 0 Å². The average Bonchev–Trinajstić information content (AvgIpc) is 3.40. The monoisotopic (exact) mass is 468 g/mol. The van der Waals surface area contributed by atoms with Gasteiger partial charge in [0.2, 0.25) is 5.91 Å². The molecule has 1 aliphatic carbocycles. The first kappa shape index (κ1) is 24.3. The summed E-state index contributed by atoms with van der Waals surface area (Å²) in [7, 11) is 0. The Kier molecular flexibility index (Phi) is 7.47. The third-order valence-electron chi connectivity index (χ3n) is 7.13. The molecule has 1 aliphatic heterocycles. The van der Waals surface area contributed by atoms with Crippen molar-refractivity contribution in [2.75, 3.05) is 19.6 Å². The lowest BCUT2D eigenvalue weighted by Crippen LogP contribution is -2.47. The second-order valence-corrected chi connectivity index (χ2v) is 11.3. The van der Waals surface area contributed by atoms with Gasteiger partial charge in [0, 0.05) is 18.0 Å². The molecule has 5 heteroatoms. The van der Waals surface area contributed by atoms with E-state index in [1.165, 1.54) is 24.0 Å². The fourth-order valence-electron chi connectivity index (χ4n) is 5.35. The van der Waals surface area contributed by atoms with Gasteiger partial charge < -0.3 is 15.3 Å². The summed E-state index contributed by atoms with van der Waals surface area (Å²) in [5, 5.41) is 15.2. The number of fused-ring (bicyclic) bond motifs is 1. The second-order valence-electron chi connectivity index (χ2n) is 10.9. The molecule has 1 saturated heterocycles. The molecule has 2 N–H and O–H groups in total. The standard InChI is InChI=1S/C28H37ClN2O2/c1-28(2,3)23-11-10-22(17-24(23)29)27(33)25(18-31-12-6-7-13-31)30-26(32)16-19-14-20-8-4-5-9-21(20)15-19/h4-5,8-11,17,19,25,27,33H,6-7,12-16,18H2,1-3H3,(H,30,32). The van der Waals surface area contributed by atoms with Crippen LogP contribution < -0.4 is 5.32 Å². The van der Waals surface area contributed by atoms with Gasteiger partial charge in [0.15, 0.2) is 0 Å². The lowest BCUT2D eigenvalue weighted by atomic mass is 9.86. The third kappa shape index (κ3) is 5.98. The molecule has 33 heavy (non-hydrogen) atoms. The van der Waals surface area contributed by atoms with E-state index in [9.17, 15) is 9.90 Å². The van der Waals surface area contributed by atoms with Gasteiger partial charge in [-0.2, -0.15) is 0 Å². The number of likely N-dealkylation sites (tertiary alicyclic amines) is 1. The molecule has 2 aromatic carbocycles. The van der Waals surface area contributed by atoms with Crippen LogP contribution >= 0.6 is 11.6 Å². The summed E-state index contributed by atoms with van der Waals surface area (Å²) in [6.45, 7) is 9.06. The normalized spacial score (nSPS) is 18.8. The van der Waals surface area contributed by atoms with Crippen LogP contribution in [0, 0.1) is 5.92 Å². The van der Waals surface area contributed by atoms with Gasteiger partial charge >= 0.3 is 0 Å². The molecule has 0 bridgehead atoms. The highest BCUT2D eigenvalue weighted by atomic mass is 35.5. The number of hydrogen-bond acceptors (Lipinski definition) is 3. The fourth-order valence-corrected chi connectivity index (χ4v) is 5.82. The van der Waals surface area contributed by atoms with E-state index in [0.717, 1.165) is 37.1 Å². The molecule has 2 aliphatic rings. The molecule has 1 amide bonds. The van der Waals surface area contributed by atoms with E-state index in [4.69, 9.17) is 11.6 Å². The number of aliphatic hydroxyl groups is 1. The van der Waals surface area contributed by atoms with Crippen molar-refractivity contribution in [2.45, 2.75) is 70.4 Å². The average molecular weight is 469 g/mol. The van der Waals surface area contributed by atoms with Gasteiger partial charge in [0.25, 0.3) is 0 Å². The molecule has 4 nitrogen and oxygen atoms in total. The summed E-state index contributed by atoms with van der Waals surface area (Å²) in [6.07, 6.45) is 3.93. The molecular formula is C28H37ClN2O2. The highest BCUT2D eigenvalue weighted by Crippen LogP contribution is 2.33. The van der Waals surface area contributed by atoms with Gasteiger partial charge in [-0.25, -0.2) is 0 Å². The number of carbonyl (C=O) groups is 1. The predicted octanol–water partition coefficient (Wildman–Crippen LogP) is 5.06. The van der Waals surface area contributed by atoms with Crippen LogP contribution in [0.15, 0.2) is 42.5 Å². The lowest BCUT2D eigenvalue weighted by molar-refractivity contribution is -0.123. The number of nitrogens with one attached hydrogen (secondary N) is 1. The van der Waals surface area contributed by atoms with E-state index in [0.29, 0.717) is 23.9 Å². The first-order valence-corrected chi connectivity index (χ1v) is 12.6. The van der Waals surface area contributed by atoms with E-state index >= 15 is 0 Å². The maximum atomic E-state index is 13.1. The minimum absolute atomic E-state index is 0.0217. The van der Waals surface area contributed by atoms with Crippen LogP contribution in [0.4, 0.5) is 0 Å². The minimum Gasteiger partial charge on any atom is -0.386 e. The summed E-state index contributed by atoms with van der Waals surface area (Å²) in [6, 6.07) is 13.9. The zero-order valence-corrected chi connectivity index (χ0v) is 20.9. The van der Waals surface area contributed by atoms with Crippen molar-refractivity contribution in [2.24, 2.45) is 5.92 Å². The quantitative estimate of drug-likeness (QED) is 0.597. The first-order valence-electron chi connectivity index (χ1n) is 12.3. The van der Waals surface area contributed by atoms with Gasteiger partial charge in [-0.3, -0.25) is 4.79 Å². The summed E-state index contributed by atoms with van der Waals surface area (Å²) in [4.78, 5) is 15.4. The Bertz CT molecular complexity index is 953. The molecule has 1 heterocycles. The highest BCUT2D eigenvalue weighted by molar-refractivity contribution is 6.31. The van der Waals surface area contributed by atoms with Crippen LogP contribution in [-0.4, -0.2) is 41.6 Å². The Morgan fingerprint density at radius 3 is 2.33 bits per heavy atom. The smallest absolute Gasteiger partial charge is 0.220 e. The van der Waals surface area contributed by atoms with Crippen LogP contribution in [0.2, 0.25) is 5.02 Å². The molecule has 0 spiro atoms. The number of halogens is 1. The van der Waals surface area contributed by atoms with Gasteiger partial charge in [0.05, 0.1) is 6.04 Å². The number of rotatable bonds is 7. The topological polar surface area (TPSA) is 52.6 Å². The van der Waals surface area contributed by atoms with Crippen molar-refractivity contribution < 1.29 is 9.90 Å². The zero-order chi connectivity index (χ0) is 23.6. The molecular weight excluding hydrogens is 432 g/mol. The molecule has 1 fully saturated rings. The van der Waals surface area contributed by atoms with Crippen molar-refractivity contribution in [3.8, 4) is 0 Å². The molecule has 2 aromatic rings. The van der Waals surface area contributed by atoms with Crippen LogP contribution in [-0.2, 0) is 23.1 Å². The Balaban J connectivity index is 1.45. The van der Waals surface area contributed by atoms with E-state index < -0.39 is 6.10 Å². The van der Waals surface area contributed by atoms with Crippen molar-refractivity contribution in [3.63, 3.8) is 0 Å². The zero-order valence-electron chi connectivity index (χ0n) is 20.1. The largest absolute Gasteiger partial charge is 0.386 e. The molecule has 0 radical (unpaired) electrons. The van der Waals surface area contributed by atoms with Gasteiger partial charge in [-0.05, 0) is 78.4 Å². The Morgan fingerprint density at radius 2 is 1.76 bits per heavy atom. The molecule has 2 unspecified atom stereocenters. The number of nitrogens with zero attached hydrogens (tertiary/aromatic N) is 1. The second kappa shape index (κ2) is 10.2. The summed E-state index contributed by atoms with van der Waals surface area (Å²) < 4.78 is 0. The van der Waals surface area contributed by atoms with Crippen LogP contribution in [0.1, 0.15) is 68.4 Å². The number of aliphatic hydroxyl groups excluding tert-OH is 1. The first-order chi connectivity index (χ1) is 15.7. The van der Waals surface area contributed by atoms with Crippen LogP contribution in [0.3, 0.4) is 0 Å². The Morgan fingerprint density at radius 1 is 1.12 bits per heavy atom. The van der Waals surface area contributed by atoms with Crippen molar-refractivity contribution in [1.82, 2.24) is 10.2 Å². The van der Waals surface area contributed by atoms with E-state index in [1.54, 1.807) is 0 Å². The number of carbonyl (C=O) groups excluding carboxylic acids is 1. The summed E-state index contributed by atoms with van der Waals surface area (Å²) in [5.41, 5.74) is 4.46. The summed E-state index contributed by atoms with van der Waals surface area (Å²) in [5.74, 6) is 0.348. The minimum atomic E-state index is -0.804. The van der Waals surface area contributed by atoms with Crippen LogP contribution in [0.5, 0.6) is 0 Å². The number of amides is 1. The van der Waals surface area contributed by atoms with Crippen molar-refractivity contribution >= 4 is 17.5 Å². The third-order valence-corrected chi connectivity index (χ3v) is 7.45. The lowest BCUT2D eigenvalue weighted by Gasteiger charge is -2.30. The van der Waals surface area contributed by atoms with Gasteiger partial charge in [-0.1, -0.05) is 68.8 Å². The molecule has 0 aromatic heterocycles. The van der Waals surface area contributed by atoms with E-state index in [-0.39, 0.29) is 17.4 Å².